The first kappa shape index (κ1) is 13.6. The Morgan fingerprint density at radius 2 is 2.00 bits per heavy atom. The molecule has 4 nitrogen and oxygen atoms in total. The highest BCUT2D eigenvalue weighted by Crippen LogP contribution is 2.43. The normalized spacial score (nSPS) is 21.1. The van der Waals surface area contributed by atoms with Gasteiger partial charge >= 0.3 is 5.97 Å². The van der Waals surface area contributed by atoms with Gasteiger partial charge in [0.1, 0.15) is 0 Å². The number of benzene rings is 1. The molecule has 1 fully saturated rings. The van der Waals surface area contributed by atoms with E-state index >= 15 is 0 Å². The van der Waals surface area contributed by atoms with Gasteiger partial charge in [0.2, 0.25) is 5.91 Å². The summed E-state index contributed by atoms with van der Waals surface area (Å²) < 4.78 is 0. The molecule has 0 spiro atoms. The first-order valence-electron chi connectivity index (χ1n) is 6.55. The van der Waals surface area contributed by atoms with E-state index in [-0.39, 0.29) is 22.8 Å². The number of anilines is 1. The third kappa shape index (κ3) is 2.78. The Hall–Kier alpha value is -1.84. The van der Waals surface area contributed by atoms with Crippen LogP contribution >= 0.6 is 0 Å². The van der Waals surface area contributed by atoms with Crippen LogP contribution in [0.15, 0.2) is 24.3 Å². The van der Waals surface area contributed by atoms with E-state index in [0.29, 0.717) is 5.69 Å². The zero-order valence-electron chi connectivity index (χ0n) is 11.3. The van der Waals surface area contributed by atoms with Gasteiger partial charge in [0.15, 0.2) is 0 Å². The van der Waals surface area contributed by atoms with E-state index in [9.17, 15) is 9.59 Å². The zero-order valence-corrected chi connectivity index (χ0v) is 11.3. The summed E-state index contributed by atoms with van der Waals surface area (Å²) in [4.78, 5) is 23.4. The van der Waals surface area contributed by atoms with Crippen LogP contribution in [0, 0.1) is 11.3 Å². The minimum absolute atomic E-state index is 0.0117. The molecule has 0 heterocycles. The predicted molar refractivity (Wildman–Crippen MR) is 73.2 cm³/mol. The molecule has 1 unspecified atom stereocenters. The van der Waals surface area contributed by atoms with E-state index in [4.69, 9.17) is 5.11 Å². The fourth-order valence-corrected chi connectivity index (χ4v) is 2.81. The Morgan fingerprint density at radius 1 is 1.32 bits per heavy atom. The molecule has 0 aromatic heterocycles. The van der Waals surface area contributed by atoms with Gasteiger partial charge in [-0.3, -0.25) is 4.79 Å². The number of hydrogen-bond donors (Lipinski definition) is 2. The lowest BCUT2D eigenvalue weighted by Crippen LogP contribution is -2.31. The van der Waals surface area contributed by atoms with Crippen LogP contribution in [-0.2, 0) is 4.79 Å². The number of carbonyl (C=O) groups excluding carboxylic acids is 1. The van der Waals surface area contributed by atoms with E-state index in [0.717, 1.165) is 19.3 Å². The first-order valence-corrected chi connectivity index (χ1v) is 6.55. The maximum atomic E-state index is 12.3. The highest BCUT2D eigenvalue weighted by molar-refractivity contribution is 6.01. The second-order valence-corrected chi connectivity index (χ2v) is 5.77. The SMILES string of the molecule is CC1(C)CCCC1C(=O)Nc1ccccc1C(=O)O. The van der Waals surface area contributed by atoms with Crippen molar-refractivity contribution in [2.45, 2.75) is 33.1 Å². The van der Waals surface area contributed by atoms with Gasteiger partial charge in [-0.1, -0.05) is 32.4 Å². The van der Waals surface area contributed by atoms with Gasteiger partial charge < -0.3 is 10.4 Å². The lowest BCUT2D eigenvalue weighted by Gasteiger charge is -2.26. The summed E-state index contributed by atoms with van der Waals surface area (Å²) in [5.74, 6) is -1.15. The maximum Gasteiger partial charge on any atom is 0.337 e. The van der Waals surface area contributed by atoms with Crippen LogP contribution in [0.5, 0.6) is 0 Å². The average molecular weight is 261 g/mol. The second kappa shape index (κ2) is 5.03. The molecular formula is C15H19NO3. The standard InChI is InChI=1S/C15H19NO3/c1-15(2)9-5-7-11(15)13(17)16-12-8-4-3-6-10(12)14(18)19/h3-4,6,8,11H,5,7,9H2,1-2H3,(H,16,17)(H,18,19). The smallest absolute Gasteiger partial charge is 0.337 e. The predicted octanol–water partition coefficient (Wildman–Crippen LogP) is 3.15. The molecule has 19 heavy (non-hydrogen) atoms. The Kier molecular flexibility index (Phi) is 3.60. The largest absolute Gasteiger partial charge is 0.478 e. The summed E-state index contributed by atoms with van der Waals surface area (Å²) in [6, 6.07) is 6.50. The quantitative estimate of drug-likeness (QED) is 0.878. The van der Waals surface area contributed by atoms with Crippen LogP contribution in [0.2, 0.25) is 0 Å². The molecule has 4 heteroatoms. The Labute approximate surface area is 112 Å². The first-order chi connectivity index (χ1) is 8.92. The van der Waals surface area contributed by atoms with E-state index in [1.54, 1.807) is 18.2 Å². The van der Waals surface area contributed by atoms with Gasteiger partial charge in [0.25, 0.3) is 0 Å². The van der Waals surface area contributed by atoms with Crippen molar-refractivity contribution in [2.75, 3.05) is 5.32 Å². The van der Waals surface area contributed by atoms with Crippen LogP contribution in [0.1, 0.15) is 43.5 Å². The van der Waals surface area contributed by atoms with Crippen LogP contribution < -0.4 is 5.32 Å². The zero-order chi connectivity index (χ0) is 14.0. The van der Waals surface area contributed by atoms with Crippen molar-refractivity contribution in [3.63, 3.8) is 0 Å². The molecule has 1 aliphatic carbocycles. The molecule has 1 saturated carbocycles. The highest BCUT2D eigenvalue weighted by Gasteiger charge is 2.39. The van der Waals surface area contributed by atoms with Crippen LogP contribution in [0.4, 0.5) is 5.69 Å². The lowest BCUT2D eigenvalue weighted by molar-refractivity contribution is -0.122. The van der Waals surface area contributed by atoms with Crippen molar-refractivity contribution in [2.24, 2.45) is 11.3 Å². The summed E-state index contributed by atoms with van der Waals surface area (Å²) in [6.45, 7) is 4.18. The van der Waals surface area contributed by atoms with E-state index in [1.807, 2.05) is 0 Å². The molecule has 0 radical (unpaired) electrons. The number of aromatic carboxylic acids is 1. The molecule has 2 N–H and O–H groups in total. The second-order valence-electron chi connectivity index (χ2n) is 5.77. The minimum Gasteiger partial charge on any atom is -0.478 e. The summed E-state index contributed by atoms with van der Waals surface area (Å²) >= 11 is 0. The summed E-state index contributed by atoms with van der Waals surface area (Å²) in [5, 5.41) is 11.9. The Balaban J connectivity index is 2.18. The fourth-order valence-electron chi connectivity index (χ4n) is 2.81. The third-order valence-corrected chi connectivity index (χ3v) is 3.99. The molecule has 0 aliphatic heterocycles. The van der Waals surface area contributed by atoms with Crippen molar-refractivity contribution in [3.05, 3.63) is 29.8 Å². The van der Waals surface area contributed by atoms with Gasteiger partial charge in [-0.15, -0.1) is 0 Å². The maximum absolute atomic E-state index is 12.3. The van der Waals surface area contributed by atoms with Crippen molar-refractivity contribution >= 4 is 17.6 Å². The molecule has 1 aromatic rings. The van der Waals surface area contributed by atoms with Crippen molar-refractivity contribution < 1.29 is 14.7 Å². The molecular weight excluding hydrogens is 242 g/mol. The van der Waals surface area contributed by atoms with Gasteiger partial charge in [0, 0.05) is 5.92 Å². The summed E-state index contributed by atoms with van der Waals surface area (Å²) in [7, 11) is 0. The Bertz CT molecular complexity index is 508. The van der Waals surface area contributed by atoms with Gasteiger partial charge in [0.05, 0.1) is 11.3 Å². The van der Waals surface area contributed by atoms with Crippen molar-refractivity contribution in [1.82, 2.24) is 0 Å². The molecule has 1 aromatic carbocycles. The topological polar surface area (TPSA) is 66.4 Å². The molecule has 0 bridgehead atoms. The number of carbonyl (C=O) groups is 2. The fraction of sp³-hybridized carbons (Fsp3) is 0.467. The monoisotopic (exact) mass is 261 g/mol. The summed E-state index contributed by atoms with van der Waals surface area (Å²) in [5.41, 5.74) is 0.497. The molecule has 1 atom stereocenters. The van der Waals surface area contributed by atoms with Crippen molar-refractivity contribution in [3.8, 4) is 0 Å². The van der Waals surface area contributed by atoms with E-state index in [2.05, 4.69) is 19.2 Å². The minimum atomic E-state index is -1.03. The number of carboxylic acid groups (broad SMARTS) is 1. The van der Waals surface area contributed by atoms with Gasteiger partial charge in [-0.25, -0.2) is 4.79 Å². The number of amides is 1. The molecule has 1 amide bonds. The average Bonchev–Trinajstić information content (AvgIpc) is 2.69. The molecule has 0 saturated heterocycles. The number of carboxylic acids is 1. The highest BCUT2D eigenvalue weighted by atomic mass is 16.4. The molecule has 1 aliphatic rings. The third-order valence-electron chi connectivity index (χ3n) is 3.99. The van der Waals surface area contributed by atoms with Crippen LogP contribution in [0.3, 0.4) is 0 Å². The lowest BCUT2D eigenvalue weighted by atomic mass is 9.81. The van der Waals surface area contributed by atoms with E-state index < -0.39 is 5.97 Å². The summed E-state index contributed by atoms with van der Waals surface area (Å²) in [6.07, 6.45) is 2.95. The van der Waals surface area contributed by atoms with Gasteiger partial charge in [-0.2, -0.15) is 0 Å². The molecule has 2 rings (SSSR count). The van der Waals surface area contributed by atoms with Crippen molar-refractivity contribution in [1.29, 1.82) is 0 Å². The van der Waals surface area contributed by atoms with Crippen LogP contribution in [-0.4, -0.2) is 17.0 Å². The van der Waals surface area contributed by atoms with Crippen LogP contribution in [0.25, 0.3) is 0 Å². The molecule has 102 valence electrons. The number of nitrogens with one attached hydrogen (secondary N) is 1. The van der Waals surface area contributed by atoms with E-state index in [1.165, 1.54) is 6.07 Å². The Morgan fingerprint density at radius 3 is 2.58 bits per heavy atom. The van der Waals surface area contributed by atoms with Gasteiger partial charge in [-0.05, 0) is 30.4 Å². The number of rotatable bonds is 3. The number of hydrogen-bond acceptors (Lipinski definition) is 2. The number of para-hydroxylation sites is 1.